The molecule has 4 heterocycles. The van der Waals surface area contributed by atoms with E-state index in [0.717, 1.165) is 42.3 Å². The maximum absolute atomic E-state index is 16.2. The Labute approximate surface area is 279 Å². The molecule has 12 heteroatoms. The third-order valence-electron chi connectivity index (χ3n) is 10.4. The molecule has 0 aromatic heterocycles. The van der Waals surface area contributed by atoms with Crippen molar-refractivity contribution in [3.63, 3.8) is 0 Å². The number of carbonyl (C=O) groups excluding carboxylic acids is 3. The van der Waals surface area contributed by atoms with Crippen molar-refractivity contribution < 1.29 is 28.3 Å². The number of rotatable bonds is 8. The normalized spacial score (nSPS) is 29.4. The summed E-state index contributed by atoms with van der Waals surface area (Å²) < 4.78 is 23.7. The van der Waals surface area contributed by atoms with Gasteiger partial charge in [0.05, 0.1) is 43.3 Å². The fourth-order valence-corrected chi connectivity index (χ4v) is 11.1. The van der Waals surface area contributed by atoms with Crippen molar-refractivity contribution in [2.75, 3.05) is 36.5 Å². The molecular weight excluding hydrogens is 671 g/mol. The first-order valence-corrected chi connectivity index (χ1v) is 20.2. The summed E-state index contributed by atoms with van der Waals surface area (Å²) in [5, 5.41) is 16.1. The first-order chi connectivity index (χ1) is 21.9. The van der Waals surface area contributed by atoms with Crippen molar-refractivity contribution in [1.29, 1.82) is 0 Å². The predicted octanol–water partition coefficient (Wildman–Crippen LogP) is 5.08. The highest BCUT2D eigenvalue weighted by Gasteiger charge is 2.67. The number of amides is 3. The molecule has 2 aromatic rings. The minimum absolute atomic E-state index is 0.00188. The molecule has 0 aliphatic carbocycles. The van der Waals surface area contributed by atoms with Crippen molar-refractivity contribution in [3.8, 4) is 0 Å². The number of fused-ring (bicyclic) bond motifs is 2. The number of anilines is 2. The second kappa shape index (κ2) is 13.1. The topological polar surface area (TPSA) is 111 Å². The quantitative estimate of drug-likeness (QED) is 0.260. The lowest BCUT2D eigenvalue weighted by atomic mass is 9.82. The molecular formula is C34H44BrFN4O5Si. The molecule has 1 spiro atoms. The molecule has 3 saturated heterocycles. The molecule has 3 N–H and O–H groups in total. The molecule has 1 unspecified atom stereocenters. The Hall–Kier alpha value is -2.64. The van der Waals surface area contributed by atoms with Crippen LogP contribution in [-0.2, 0) is 31.3 Å². The number of nitrogens with zero attached hydrogens (tertiary/aromatic N) is 2. The summed E-state index contributed by atoms with van der Waals surface area (Å²) in [7, 11) is -3.43. The van der Waals surface area contributed by atoms with Gasteiger partial charge in [-0.25, -0.2) is 0 Å². The number of aliphatic hydroxyl groups excluding tert-OH is 1. The average Bonchev–Trinajstić information content (AvgIpc) is 3.69. The highest BCUT2D eigenvalue weighted by atomic mass is 79.9. The molecule has 3 amide bonds. The van der Waals surface area contributed by atoms with Gasteiger partial charge in [-0.1, -0.05) is 35.0 Å². The molecule has 3 fully saturated rings. The van der Waals surface area contributed by atoms with Crippen LogP contribution in [0.25, 0.3) is 0 Å². The maximum atomic E-state index is 16.2. The number of nitrogens with one attached hydrogen (secondary N) is 2. The summed E-state index contributed by atoms with van der Waals surface area (Å²) in [5.74, 6) is -0.993. The van der Waals surface area contributed by atoms with Gasteiger partial charge in [0.15, 0.2) is 5.60 Å². The minimum atomic E-state index is -3.43. The van der Waals surface area contributed by atoms with Crippen LogP contribution in [0.15, 0.2) is 46.9 Å². The Balaban J connectivity index is 1.26. The number of hydrogen-bond donors (Lipinski definition) is 3. The molecule has 4 aliphatic heterocycles. The molecule has 0 bridgehead atoms. The lowest BCUT2D eigenvalue weighted by Crippen LogP contribution is -2.45. The average molecular weight is 716 g/mol. The fourth-order valence-electron chi connectivity index (χ4n) is 8.22. The van der Waals surface area contributed by atoms with Gasteiger partial charge in [-0.3, -0.25) is 14.4 Å². The van der Waals surface area contributed by atoms with E-state index < -0.39 is 31.6 Å². The Morgan fingerprint density at radius 3 is 2.61 bits per heavy atom. The summed E-state index contributed by atoms with van der Waals surface area (Å²) in [6, 6.07) is 12.9. The molecule has 0 saturated carbocycles. The number of likely N-dealkylation sites (tertiary alicyclic amines) is 1. The van der Waals surface area contributed by atoms with E-state index in [9.17, 15) is 19.5 Å². The first-order valence-electron chi connectivity index (χ1n) is 16.4. The molecule has 2 aromatic carbocycles. The van der Waals surface area contributed by atoms with Crippen molar-refractivity contribution >= 4 is 53.4 Å². The number of aliphatic hydroxyl groups is 1. The standard InChI is InChI=1S/C34H44BrFN4O5Si/c1-21-31(46(2,3)36)29(17-30(42)39-15-5-7-26(39)20-41)45-34(21)27-16-24(35)10-13-28(27)40(33(34)44)19-22-8-11-25(12-9-22)38-32(43)23-6-4-14-37-18-23/h8-13,16,21,23,26,29,31,37,41H,4-7,14-15,17-20H2,1-3H3,(H,38,43)/t21-,23?,26-,29+,31-,34+/m0/s1. The summed E-state index contributed by atoms with van der Waals surface area (Å²) in [4.78, 5) is 44.3. The predicted molar refractivity (Wildman–Crippen MR) is 180 cm³/mol. The largest absolute Gasteiger partial charge is 0.394 e. The molecule has 0 radical (unpaired) electrons. The van der Waals surface area contributed by atoms with Crippen LogP contribution in [0.3, 0.4) is 0 Å². The van der Waals surface area contributed by atoms with Crippen LogP contribution in [-0.4, -0.2) is 74.5 Å². The third-order valence-corrected chi connectivity index (χ3v) is 13.4. The van der Waals surface area contributed by atoms with Crippen LogP contribution in [0.4, 0.5) is 15.5 Å². The molecule has 9 nitrogen and oxygen atoms in total. The van der Waals surface area contributed by atoms with Gasteiger partial charge >= 0.3 is 0 Å². The van der Waals surface area contributed by atoms with E-state index in [0.29, 0.717) is 30.0 Å². The lowest BCUT2D eigenvalue weighted by molar-refractivity contribution is -0.150. The second-order valence-corrected chi connectivity index (χ2v) is 18.5. The van der Waals surface area contributed by atoms with E-state index in [1.54, 1.807) is 22.9 Å². The number of piperidine rings is 1. The number of ether oxygens (including phenoxy) is 1. The van der Waals surface area contributed by atoms with E-state index in [-0.39, 0.29) is 49.3 Å². The van der Waals surface area contributed by atoms with E-state index >= 15 is 4.11 Å². The van der Waals surface area contributed by atoms with Gasteiger partial charge in [-0.15, -0.1) is 0 Å². The molecule has 6 rings (SSSR count). The van der Waals surface area contributed by atoms with E-state index in [1.807, 2.05) is 49.4 Å². The lowest BCUT2D eigenvalue weighted by Gasteiger charge is -2.31. The van der Waals surface area contributed by atoms with Gasteiger partial charge in [0, 0.05) is 40.3 Å². The summed E-state index contributed by atoms with van der Waals surface area (Å²) in [6.07, 6.45) is 2.59. The van der Waals surface area contributed by atoms with Crippen LogP contribution >= 0.6 is 15.9 Å². The van der Waals surface area contributed by atoms with Crippen molar-refractivity contribution in [1.82, 2.24) is 10.2 Å². The summed E-state index contributed by atoms with van der Waals surface area (Å²) in [6.45, 7) is 7.48. The Morgan fingerprint density at radius 1 is 1.17 bits per heavy atom. The zero-order chi connectivity index (χ0) is 32.8. The molecule has 4 aliphatic rings. The van der Waals surface area contributed by atoms with Crippen molar-refractivity contribution in [2.45, 2.75) is 82.0 Å². The monoisotopic (exact) mass is 714 g/mol. The Kier molecular flexibility index (Phi) is 9.48. The SMILES string of the molecule is C[C@H]1[C@H]([Si](C)(C)F)[C@@H](CC(=O)N2CCC[C@H]2CO)O[C@]12C(=O)N(Cc1ccc(NC(=O)C3CCCNC3)cc1)c1ccc(Br)cc12. The minimum Gasteiger partial charge on any atom is -0.394 e. The van der Waals surface area contributed by atoms with Gasteiger partial charge in [-0.2, -0.15) is 0 Å². The zero-order valence-corrected chi connectivity index (χ0v) is 29.3. The van der Waals surface area contributed by atoms with Gasteiger partial charge < -0.3 is 34.4 Å². The molecule has 248 valence electrons. The van der Waals surface area contributed by atoms with Crippen LogP contribution < -0.4 is 15.5 Å². The summed E-state index contributed by atoms with van der Waals surface area (Å²) >= 11 is 3.57. The third kappa shape index (κ3) is 6.07. The highest BCUT2D eigenvalue weighted by Crippen LogP contribution is 2.60. The van der Waals surface area contributed by atoms with Gasteiger partial charge in [0.1, 0.15) is 0 Å². The number of benzene rings is 2. The zero-order valence-electron chi connectivity index (χ0n) is 26.7. The summed E-state index contributed by atoms with van der Waals surface area (Å²) in [5.41, 5.74) is 0.920. The molecule has 46 heavy (non-hydrogen) atoms. The number of halogens is 2. The van der Waals surface area contributed by atoms with E-state index in [2.05, 4.69) is 26.6 Å². The number of carbonyl (C=O) groups is 3. The van der Waals surface area contributed by atoms with Crippen LogP contribution in [0, 0.1) is 11.8 Å². The Bertz CT molecular complexity index is 1480. The van der Waals surface area contributed by atoms with Crippen LogP contribution in [0.2, 0.25) is 18.6 Å². The van der Waals surface area contributed by atoms with Crippen molar-refractivity contribution in [2.24, 2.45) is 11.8 Å². The molecule has 6 atom stereocenters. The van der Waals surface area contributed by atoms with Crippen LogP contribution in [0.1, 0.15) is 50.2 Å². The van der Waals surface area contributed by atoms with Gasteiger partial charge in [0.2, 0.25) is 20.2 Å². The van der Waals surface area contributed by atoms with Gasteiger partial charge in [0.25, 0.3) is 5.91 Å². The van der Waals surface area contributed by atoms with Crippen molar-refractivity contribution in [3.05, 3.63) is 58.1 Å². The first kappa shape index (κ1) is 33.3. The Morgan fingerprint density at radius 2 is 1.93 bits per heavy atom. The maximum Gasteiger partial charge on any atom is 0.264 e. The van der Waals surface area contributed by atoms with Gasteiger partial charge in [-0.05, 0) is 81.2 Å². The second-order valence-electron chi connectivity index (χ2n) is 13.8. The van der Waals surface area contributed by atoms with E-state index in [1.165, 1.54) is 0 Å². The highest BCUT2D eigenvalue weighted by molar-refractivity contribution is 9.10. The smallest absolute Gasteiger partial charge is 0.264 e. The van der Waals surface area contributed by atoms with Crippen LogP contribution in [0.5, 0.6) is 0 Å². The fraction of sp³-hybridized carbons (Fsp3) is 0.559. The number of hydrogen-bond acceptors (Lipinski definition) is 6. The van der Waals surface area contributed by atoms with E-state index in [4.69, 9.17) is 4.74 Å².